The first-order valence-electron chi connectivity index (χ1n) is 11.3. The second kappa shape index (κ2) is 14.0. The molecule has 8 heteroatoms. The van der Waals surface area contributed by atoms with Crippen molar-refractivity contribution in [1.29, 1.82) is 0 Å². The van der Waals surface area contributed by atoms with E-state index in [1.807, 2.05) is 24.3 Å². The standard InChI is InChI=1S/C25H35N5O2.HI/c1-19-8-10-23(11-9-19)32-14-12-28-25(27-2)29-16-20-5-3-6-21(15-20)17-30-13-4-7-22(18-30)24(26)31;/h3,5-6,8-11,15,22H,4,7,12-14,16-18H2,1-2H3,(H2,26,31)(H2,27,28,29);1H. The van der Waals surface area contributed by atoms with Crippen molar-refractivity contribution in [3.63, 3.8) is 0 Å². The Balaban J connectivity index is 0.00000385. The van der Waals surface area contributed by atoms with Crippen molar-refractivity contribution in [3.05, 3.63) is 65.2 Å². The van der Waals surface area contributed by atoms with Gasteiger partial charge in [0, 0.05) is 26.7 Å². The maximum Gasteiger partial charge on any atom is 0.221 e. The minimum absolute atomic E-state index is 0. The molecule has 1 atom stereocenters. The van der Waals surface area contributed by atoms with Crippen LogP contribution in [-0.4, -0.2) is 50.1 Å². The first-order valence-corrected chi connectivity index (χ1v) is 11.3. The number of nitrogens with two attached hydrogens (primary N) is 1. The maximum absolute atomic E-state index is 11.5. The number of amides is 1. The molecule has 1 amide bonds. The number of hydrogen-bond donors (Lipinski definition) is 3. The fourth-order valence-electron chi connectivity index (χ4n) is 3.91. The van der Waals surface area contributed by atoms with E-state index in [4.69, 9.17) is 10.5 Å². The van der Waals surface area contributed by atoms with Crippen molar-refractivity contribution in [2.24, 2.45) is 16.6 Å². The molecule has 0 spiro atoms. The average molecular weight is 566 g/mol. The van der Waals surface area contributed by atoms with Gasteiger partial charge in [-0.15, -0.1) is 24.0 Å². The number of piperidine rings is 1. The number of primary amides is 1. The van der Waals surface area contributed by atoms with Crippen LogP contribution in [0.15, 0.2) is 53.5 Å². The molecular formula is C25H36IN5O2. The molecule has 1 heterocycles. The van der Waals surface area contributed by atoms with Crippen molar-refractivity contribution in [2.75, 3.05) is 33.3 Å². The van der Waals surface area contributed by atoms with Crippen LogP contribution in [0.4, 0.5) is 0 Å². The van der Waals surface area contributed by atoms with Crippen molar-refractivity contribution in [2.45, 2.75) is 32.9 Å². The molecule has 1 fully saturated rings. The quantitative estimate of drug-likeness (QED) is 0.188. The first kappa shape index (κ1) is 26.9. The Morgan fingerprint density at radius 3 is 2.67 bits per heavy atom. The number of halogens is 1. The molecule has 33 heavy (non-hydrogen) atoms. The lowest BCUT2D eigenvalue weighted by molar-refractivity contribution is -0.123. The zero-order chi connectivity index (χ0) is 22.8. The number of rotatable bonds is 9. The van der Waals surface area contributed by atoms with E-state index in [0.29, 0.717) is 19.7 Å². The lowest BCUT2D eigenvalue weighted by atomic mass is 9.97. The van der Waals surface area contributed by atoms with Crippen molar-refractivity contribution in [3.8, 4) is 5.75 Å². The monoisotopic (exact) mass is 565 g/mol. The smallest absolute Gasteiger partial charge is 0.221 e. The Kier molecular flexibility index (Phi) is 11.5. The normalized spacial score (nSPS) is 16.5. The van der Waals surface area contributed by atoms with E-state index in [2.05, 4.69) is 51.7 Å². The van der Waals surface area contributed by atoms with Crippen molar-refractivity contribution >= 4 is 35.8 Å². The zero-order valence-electron chi connectivity index (χ0n) is 19.5. The lowest BCUT2D eigenvalue weighted by Crippen LogP contribution is -2.40. The highest BCUT2D eigenvalue weighted by atomic mass is 127. The molecule has 0 aliphatic carbocycles. The van der Waals surface area contributed by atoms with Crippen LogP contribution < -0.4 is 21.1 Å². The molecule has 1 saturated heterocycles. The molecule has 0 radical (unpaired) electrons. The van der Waals surface area contributed by atoms with Crippen LogP contribution in [0.1, 0.15) is 29.5 Å². The molecule has 3 rings (SSSR count). The summed E-state index contributed by atoms with van der Waals surface area (Å²) >= 11 is 0. The van der Waals surface area contributed by atoms with Crippen LogP contribution in [0.3, 0.4) is 0 Å². The van der Waals surface area contributed by atoms with Gasteiger partial charge in [-0.25, -0.2) is 0 Å². The third-order valence-corrected chi connectivity index (χ3v) is 5.67. The summed E-state index contributed by atoms with van der Waals surface area (Å²) in [5, 5.41) is 6.63. The van der Waals surface area contributed by atoms with Gasteiger partial charge in [0.15, 0.2) is 5.96 Å². The largest absolute Gasteiger partial charge is 0.492 e. The Morgan fingerprint density at radius 1 is 1.18 bits per heavy atom. The summed E-state index contributed by atoms with van der Waals surface area (Å²) in [7, 11) is 1.76. The van der Waals surface area contributed by atoms with Gasteiger partial charge in [0.05, 0.1) is 12.5 Å². The number of carbonyl (C=O) groups excluding carboxylic acids is 1. The van der Waals surface area contributed by atoms with Gasteiger partial charge in [-0.1, -0.05) is 42.0 Å². The molecular weight excluding hydrogens is 529 g/mol. The molecule has 0 bridgehead atoms. The average Bonchev–Trinajstić information content (AvgIpc) is 2.80. The summed E-state index contributed by atoms with van der Waals surface area (Å²) in [6, 6.07) is 16.6. The van der Waals surface area contributed by atoms with Gasteiger partial charge < -0.3 is 21.1 Å². The van der Waals surface area contributed by atoms with Crippen LogP contribution in [0.2, 0.25) is 0 Å². The van der Waals surface area contributed by atoms with E-state index in [-0.39, 0.29) is 35.8 Å². The van der Waals surface area contributed by atoms with Crippen LogP contribution in [0.5, 0.6) is 5.75 Å². The molecule has 2 aromatic carbocycles. The van der Waals surface area contributed by atoms with Crippen LogP contribution in [-0.2, 0) is 17.9 Å². The number of benzene rings is 2. The second-order valence-electron chi connectivity index (χ2n) is 8.31. The number of likely N-dealkylation sites (tertiary alicyclic amines) is 1. The van der Waals surface area contributed by atoms with Crippen LogP contribution in [0, 0.1) is 12.8 Å². The van der Waals surface area contributed by atoms with Gasteiger partial charge in [-0.05, 0) is 49.6 Å². The summed E-state index contributed by atoms with van der Waals surface area (Å²) in [5.41, 5.74) is 9.15. The molecule has 2 aromatic rings. The molecule has 0 aromatic heterocycles. The van der Waals surface area contributed by atoms with E-state index in [0.717, 1.165) is 44.2 Å². The summed E-state index contributed by atoms with van der Waals surface area (Å²) in [6.45, 7) is 6.54. The predicted octanol–water partition coefficient (Wildman–Crippen LogP) is 3.05. The van der Waals surface area contributed by atoms with E-state index < -0.39 is 0 Å². The Hall–Kier alpha value is -2.33. The fraction of sp³-hybridized carbons (Fsp3) is 0.440. The van der Waals surface area contributed by atoms with E-state index in [9.17, 15) is 4.79 Å². The number of hydrogen-bond acceptors (Lipinski definition) is 4. The number of ether oxygens (including phenoxy) is 1. The summed E-state index contributed by atoms with van der Waals surface area (Å²) in [4.78, 5) is 18.1. The fourth-order valence-corrected chi connectivity index (χ4v) is 3.91. The van der Waals surface area contributed by atoms with Crippen LogP contribution >= 0.6 is 24.0 Å². The summed E-state index contributed by atoms with van der Waals surface area (Å²) < 4.78 is 5.75. The SMILES string of the molecule is CN=C(NCCOc1ccc(C)cc1)NCc1cccc(CN2CCCC(C(N)=O)C2)c1.I. The number of carbonyl (C=O) groups is 1. The van der Waals surface area contributed by atoms with Gasteiger partial charge in [-0.2, -0.15) is 0 Å². The molecule has 1 aliphatic heterocycles. The van der Waals surface area contributed by atoms with E-state index in [1.165, 1.54) is 16.7 Å². The van der Waals surface area contributed by atoms with Crippen LogP contribution in [0.25, 0.3) is 0 Å². The van der Waals surface area contributed by atoms with Gasteiger partial charge in [0.2, 0.25) is 5.91 Å². The number of aryl methyl sites for hydroxylation is 1. The molecule has 0 saturated carbocycles. The number of nitrogens with one attached hydrogen (secondary N) is 2. The molecule has 180 valence electrons. The predicted molar refractivity (Wildman–Crippen MR) is 144 cm³/mol. The lowest BCUT2D eigenvalue weighted by Gasteiger charge is -2.31. The highest BCUT2D eigenvalue weighted by Gasteiger charge is 2.23. The topological polar surface area (TPSA) is 92.0 Å². The van der Waals surface area contributed by atoms with E-state index >= 15 is 0 Å². The summed E-state index contributed by atoms with van der Waals surface area (Å²) in [5.74, 6) is 1.39. The van der Waals surface area contributed by atoms with Crippen molar-refractivity contribution < 1.29 is 9.53 Å². The Labute approximate surface area is 214 Å². The first-order chi connectivity index (χ1) is 15.5. The minimum atomic E-state index is -0.184. The highest BCUT2D eigenvalue weighted by Crippen LogP contribution is 2.18. The third-order valence-electron chi connectivity index (χ3n) is 5.67. The third kappa shape index (κ3) is 9.21. The second-order valence-corrected chi connectivity index (χ2v) is 8.31. The van der Waals surface area contributed by atoms with Gasteiger partial charge in [-0.3, -0.25) is 14.7 Å². The van der Waals surface area contributed by atoms with Gasteiger partial charge in [0.1, 0.15) is 12.4 Å². The molecule has 7 nitrogen and oxygen atoms in total. The minimum Gasteiger partial charge on any atom is -0.492 e. The number of guanidine groups is 1. The maximum atomic E-state index is 11.5. The van der Waals surface area contributed by atoms with Gasteiger partial charge >= 0.3 is 0 Å². The zero-order valence-corrected chi connectivity index (χ0v) is 21.9. The number of aliphatic imine (C=N–C) groups is 1. The summed E-state index contributed by atoms with van der Waals surface area (Å²) in [6.07, 6.45) is 1.92. The Bertz CT molecular complexity index is 904. The number of nitrogens with zero attached hydrogens (tertiary/aromatic N) is 2. The highest BCUT2D eigenvalue weighted by molar-refractivity contribution is 14.0. The molecule has 4 N–H and O–H groups in total. The van der Waals surface area contributed by atoms with E-state index in [1.54, 1.807) is 7.05 Å². The van der Waals surface area contributed by atoms with Gasteiger partial charge in [0.25, 0.3) is 0 Å². The molecule has 1 aliphatic rings. The van der Waals surface area contributed by atoms with Crippen molar-refractivity contribution in [1.82, 2.24) is 15.5 Å². The Morgan fingerprint density at radius 2 is 1.94 bits per heavy atom. The molecule has 1 unspecified atom stereocenters.